The van der Waals surface area contributed by atoms with Crippen molar-refractivity contribution in [3.63, 3.8) is 0 Å². The van der Waals surface area contributed by atoms with Gasteiger partial charge in [-0.3, -0.25) is 4.79 Å². The molecule has 5 nitrogen and oxygen atoms in total. The van der Waals surface area contributed by atoms with Crippen molar-refractivity contribution in [1.82, 2.24) is 10.2 Å². The SMILES string of the molecule is N#C/C(=C/N(CCO)Cc1ccccc1)C(=O)NC1CCCC1. The van der Waals surface area contributed by atoms with Crippen molar-refractivity contribution in [2.45, 2.75) is 38.3 Å². The van der Waals surface area contributed by atoms with E-state index < -0.39 is 0 Å². The second kappa shape index (κ2) is 8.96. The van der Waals surface area contributed by atoms with E-state index in [1.165, 1.54) is 0 Å². The number of hydrogen-bond acceptors (Lipinski definition) is 4. The number of hydrogen-bond donors (Lipinski definition) is 2. The number of benzene rings is 1. The van der Waals surface area contributed by atoms with Gasteiger partial charge in [0.2, 0.25) is 0 Å². The van der Waals surface area contributed by atoms with Gasteiger partial charge in [-0.25, -0.2) is 0 Å². The van der Waals surface area contributed by atoms with Gasteiger partial charge in [0, 0.05) is 25.3 Å². The van der Waals surface area contributed by atoms with Crippen molar-refractivity contribution < 1.29 is 9.90 Å². The maximum Gasteiger partial charge on any atom is 0.263 e. The monoisotopic (exact) mass is 313 g/mol. The van der Waals surface area contributed by atoms with Crippen LogP contribution in [0, 0.1) is 11.3 Å². The first-order valence-electron chi connectivity index (χ1n) is 8.04. The third-order valence-corrected chi connectivity index (χ3v) is 3.98. The van der Waals surface area contributed by atoms with Crippen LogP contribution in [0.1, 0.15) is 31.2 Å². The number of aliphatic hydroxyl groups excluding tert-OH is 1. The maximum atomic E-state index is 12.2. The minimum absolute atomic E-state index is 0.0354. The van der Waals surface area contributed by atoms with Crippen LogP contribution < -0.4 is 5.32 Å². The Kier molecular flexibility index (Phi) is 6.64. The lowest BCUT2D eigenvalue weighted by atomic mass is 10.2. The summed E-state index contributed by atoms with van der Waals surface area (Å²) in [7, 11) is 0. The van der Waals surface area contributed by atoms with Crippen molar-refractivity contribution in [2.75, 3.05) is 13.2 Å². The molecule has 0 atom stereocenters. The molecule has 1 amide bonds. The van der Waals surface area contributed by atoms with E-state index in [2.05, 4.69) is 5.32 Å². The Balaban J connectivity index is 2.04. The molecule has 2 N–H and O–H groups in total. The third kappa shape index (κ3) is 5.42. The second-order valence-electron chi connectivity index (χ2n) is 5.79. The van der Waals surface area contributed by atoms with Crippen molar-refractivity contribution in [3.8, 4) is 6.07 Å². The molecule has 0 bridgehead atoms. The zero-order valence-corrected chi connectivity index (χ0v) is 13.2. The van der Waals surface area contributed by atoms with Crippen LogP contribution in [0.2, 0.25) is 0 Å². The molecule has 2 rings (SSSR count). The predicted octanol–water partition coefficient (Wildman–Crippen LogP) is 1.95. The van der Waals surface area contributed by atoms with Crippen LogP contribution in [0.5, 0.6) is 0 Å². The number of amides is 1. The van der Waals surface area contributed by atoms with Gasteiger partial charge >= 0.3 is 0 Å². The number of nitrogens with zero attached hydrogens (tertiary/aromatic N) is 2. The lowest BCUT2D eigenvalue weighted by Crippen LogP contribution is -2.34. The first-order chi connectivity index (χ1) is 11.2. The predicted molar refractivity (Wildman–Crippen MR) is 88.0 cm³/mol. The fourth-order valence-corrected chi connectivity index (χ4v) is 2.79. The molecule has 0 spiro atoms. The van der Waals surface area contributed by atoms with Crippen LogP contribution in [-0.4, -0.2) is 35.1 Å². The zero-order chi connectivity index (χ0) is 16.5. The fourth-order valence-electron chi connectivity index (χ4n) is 2.79. The quantitative estimate of drug-likeness (QED) is 0.596. The van der Waals surface area contributed by atoms with Crippen LogP contribution in [0.4, 0.5) is 0 Å². The van der Waals surface area contributed by atoms with Gasteiger partial charge in [-0.15, -0.1) is 0 Å². The highest BCUT2D eigenvalue weighted by Gasteiger charge is 2.19. The number of nitriles is 1. The Hall–Kier alpha value is -2.32. The molecule has 122 valence electrons. The van der Waals surface area contributed by atoms with E-state index in [1.807, 2.05) is 36.4 Å². The van der Waals surface area contributed by atoms with Gasteiger partial charge in [0.05, 0.1) is 6.61 Å². The minimum atomic E-state index is -0.324. The first kappa shape index (κ1) is 17.0. The second-order valence-corrected chi connectivity index (χ2v) is 5.79. The van der Waals surface area contributed by atoms with E-state index in [0.29, 0.717) is 13.1 Å². The molecule has 0 radical (unpaired) electrons. The van der Waals surface area contributed by atoms with E-state index >= 15 is 0 Å². The van der Waals surface area contributed by atoms with Gasteiger partial charge in [-0.2, -0.15) is 5.26 Å². The summed E-state index contributed by atoms with van der Waals surface area (Å²) in [6.07, 6.45) is 5.76. The maximum absolute atomic E-state index is 12.2. The lowest BCUT2D eigenvalue weighted by molar-refractivity contribution is -0.117. The van der Waals surface area contributed by atoms with Gasteiger partial charge in [0.1, 0.15) is 11.6 Å². The molecule has 0 unspecified atom stereocenters. The average Bonchev–Trinajstić information content (AvgIpc) is 3.06. The van der Waals surface area contributed by atoms with E-state index in [0.717, 1.165) is 31.2 Å². The summed E-state index contributed by atoms with van der Waals surface area (Å²) in [4.78, 5) is 14.0. The Bertz CT molecular complexity index is 572. The Morgan fingerprint density at radius 2 is 2.04 bits per heavy atom. The molecule has 0 saturated heterocycles. The van der Waals surface area contributed by atoms with Gasteiger partial charge in [0.15, 0.2) is 0 Å². The molecule has 23 heavy (non-hydrogen) atoms. The summed E-state index contributed by atoms with van der Waals surface area (Å²) in [5.74, 6) is -0.324. The van der Waals surface area contributed by atoms with Crippen molar-refractivity contribution in [1.29, 1.82) is 5.26 Å². The standard InChI is InChI=1S/C18H23N3O2/c19-12-16(18(23)20-17-8-4-5-9-17)14-21(10-11-22)13-15-6-2-1-3-7-15/h1-3,6-7,14,17,22H,4-5,8-11,13H2,(H,20,23)/b16-14-. The van der Waals surface area contributed by atoms with E-state index in [1.54, 1.807) is 11.1 Å². The highest BCUT2D eigenvalue weighted by Crippen LogP contribution is 2.18. The summed E-state index contributed by atoms with van der Waals surface area (Å²) in [6, 6.07) is 11.9. The molecule has 1 aromatic carbocycles. The molecule has 5 heteroatoms. The van der Waals surface area contributed by atoms with E-state index in [9.17, 15) is 15.2 Å². The molecule has 1 aliphatic rings. The topological polar surface area (TPSA) is 76.4 Å². The molecule has 1 fully saturated rings. The third-order valence-electron chi connectivity index (χ3n) is 3.98. The fraction of sp³-hybridized carbons (Fsp3) is 0.444. The molecule has 1 aromatic rings. The highest BCUT2D eigenvalue weighted by atomic mass is 16.3. The number of rotatable bonds is 7. The smallest absolute Gasteiger partial charge is 0.263 e. The molecule has 0 aliphatic heterocycles. The summed E-state index contributed by atoms with van der Waals surface area (Å²) >= 11 is 0. The Labute approximate surface area is 137 Å². The zero-order valence-electron chi connectivity index (χ0n) is 13.2. The van der Waals surface area contributed by atoms with Crippen LogP contribution in [0.15, 0.2) is 42.1 Å². The summed E-state index contributed by atoms with van der Waals surface area (Å²) in [5, 5.41) is 21.4. The number of carbonyl (C=O) groups excluding carboxylic acids is 1. The Morgan fingerprint density at radius 1 is 1.35 bits per heavy atom. The molecular formula is C18H23N3O2. The van der Waals surface area contributed by atoms with E-state index in [-0.39, 0.29) is 24.1 Å². The van der Waals surface area contributed by atoms with Crippen molar-refractivity contribution in [2.24, 2.45) is 0 Å². The van der Waals surface area contributed by atoms with Crippen LogP contribution in [0.25, 0.3) is 0 Å². The average molecular weight is 313 g/mol. The van der Waals surface area contributed by atoms with Crippen LogP contribution in [-0.2, 0) is 11.3 Å². The molecular weight excluding hydrogens is 290 g/mol. The lowest BCUT2D eigenvalue weighted by Gasteiger charge is -2.20. The molecule has 1 aliphatic carbocycles. The molecule has 0 aromatic heterocycles. The number of aliphatic hydroxyl groups is 1. The Morgan fingerprint density at radius 3 is 2.65 bits per heavy atom. The van der Waals surface area contributed by atoms with Crippen molar-refractivity contribution >= 4 is 5.91 Å². The first-order valence-corrected chi connectivity index (χ1v) is 8.04. The largest absolute Gasteiger partial charge is 0.395 e. The highest BCUT2D eigenvalue weighted by molar-refractivity contribution is 5.97. The summed E-state index contributed by atoms with van der Waals surface area (Å²) < 4.78 is 0. The van der Waals surface area contributed by atoms with Gasteiger partial charge in [0.25, 0.3) is 5.91 Å². The van der Waals surface area contributed by atoms with Gasteiger partial charge in [-0.1, -0.05) is 43.2 Å². The van der Waals surface area contributed by atoms with Crippen molar-refractivity contribution in [3.05, 3.63) is 47.7 Å². The normalized spacial score (nSPS) is 15.2. The minimum Gasteiger partial charge on any atom is -0.395 e. The molecule has 0 heterocycles. The van der Waals surface area contributed by atoms with Gasteiger partial charge in [-0.05, 0) is 18.4 Å². The number of carbonyl (C=O) groups is 1. The molecule has 1 saturated carbocycles. The summed E-state index contributed by atoms with van der Waals surface area (Å²) in [6.45, 7) is 0.881. The van der Waals surface area contributed by atoms with Crippen LogP contribution >= 0.6 is 0 Å². The van der Waals surface area contributed by atoms with Gasteiger partial charge < -0.3 is 15.3 Å². The van der Waals surface area contributed by atoms with Crippen LogP contribution in [0.3, 0.4) is 0 Å². The number of nitrogens with one attached hydrogen (secondary N) is 1. The van der Waals surface area contributed by atoms with E-state index in [4.69, 9.17) is 0 Å². The summed E-state index contributed by atoms with van der Waals surface area (Å²) in [5.41, 5.74) is 1.15.